The fraction of sp³-hybridized carbons (Fsp3) is 0.840. The molecular formula is C25H42. The minimum atomic E-state index is 0.848. The zero-order valence-corrected chi connectivity index (χ0v) is 17.2. The van der Waals surface area contributed by atoms with Crippen LogP contribution >= 0.6 is 0 Å². The molecule has 0 saturated heterocycles. The molecule has 0 amide bonds. The summed E-state index contributed by atoms with van der Waals surface area (Å²) in [4.78, 5) is 0. The number of hydrogen-bond acceptors (Lipinski definition) is 0. The molecule has 3 aliphatic carbocycles. The third kappa shape index (κ3) is 5.73. The second kappa shape index (κ2) is 9.43. The van der Waals surface area contributed by atoms with Gasteiger partial charge in [-0.25, -0.2) is 0 Å². The lowest BCUT2D eigenvalue weighted by Crippen LogP contribution is -2.17. The third-order valence-corrected chi connectivity index (χ3v) is 7.56. The van der Waals surface area contributed by atoms with E-state index in [4.69, 9.17) is 0 Å². The number of rotatable bonds is 4. The third-order valence-electron chi connectivity index (χ3n) is 7.56. The summed E-state index contributed by atoms with van der Waals surface area (Å²) in [7, 11) is 0. The predicted molar refractivity (Wildman–Crippen MR) is 111 cm³/mol. The van der Waals surface area contributed by atoms with Gasteiger partial charge in [-0.05, 0) is 94.3 Å². The average molecular weight is 343 g/mol. The van der Waals surface area contributed by atoms with Gasteiger partial charge in [-0.1, -0.05) is 62.8 Å². The molecule has 1 fully saturated rings. The van der Waals surface area contributed by atoms with Crippen LogP contribution in [0.3, 0.4) is 0 Å². The summed E-state index contributed by atoms with van der Waals surface area (Å²) in [5, 5.41) is 0. The maximum absolute atomic E-state index is 2.49. The van der Waals surface area contributed by atoms with Crippen molar-refractivity contribution in [3.63, 3.8) is 0 Å². The van der Waals surface area contributed by atoms with E-state index in [1.54, 1.807) is 5.57 Å². The minimum Gasteiger partial charge on any atom is -0.0885 e. The van der Waals surface area contributed by atoms with Crippen LogP contribution in [0.25, 0.3) is 0 Å². The van der Waals surface area contributed by atoms with Gasteiger partial charge < -0.3 is 0 Å². The number of hydrogen-bond donors (Lipinski definition) is 0. The smallest absolute Gasteiger partial charge is 0.0226 e. The van der Waals surface area contributed by atoms with Crippen LogP contribution in [0.15, 0.2) is 23.3 Å². The molecule has 0 aromatic heterocycles. The van der Waals surface area contributed by atoms with Crippen LogP contribution in [0.2, 0.25) is 0 Å². The Balaban J connectivity index is 1.50. The standard InChI is InChI=1S/C25H42/c1-19-15-20(2)25(21(3)16-19)18-24-12-8-11-23(13-14-24)17-22-9-6-4-5-7-10-22/h4,6,19-20,22-24H,5,7-18H2,1-3H3. The molecule has 5 atom stereocenters. The highest BCUT2D eigenvalue weighted by Gasteiger charge is 2.26. The highest BCUT2D eigenvalue weighted by atomic mass is 14.3. The molecule has 0 aromatic rings. The molecule has 0 aromatic carbocycles. The van der Waals surface area contributed by atoms with Gasteiger partial charge in [0, 0.05) is 0 Å². The molecule has 0 radical (unpaired) electrons. The first kappa shape index (κ1) is 19.2. The molecule has 5 unspecified atom stereocenters. The SMILES string of the molecule is CC1=C(CC2CCCC(CC3CC=CCCC3)CC2)C(C)CC(C)C1. The molecule has 0 heteroatoms. The summed E-state index contributed by atoms with van der Waals surface area (Å²) in [5.41, 5.74) is 3.60. The van der Waals surface area contributed by atoms with Gasteiger partial charge in [0.15, 0.2) is 0 Å². The number of allylic oxidation sites excluding steroid dienone is 4. The van der Waals surface area contributed by atoms with E-state index in [1.807, 2.05) is 5.57 Å². The summed E-state index contributed by atoms with van der Waals surface area (Å²) < 4.78 is 0. The van der Waals surface area contributed by atoms with Crippen LogP contribution in [-0.4, -0.2) is 0 Å². The zero-order valence-electron chi connectivity index (χ0n) is 17.2. The molecule has 3 aliphatic rings. The Bertz CT molecular complexity index is 468. The van der Waals surface area contributed by atoms with Crippen LogP contribution in [0.5, 0.6) is 0 Å². The van der Waals surface area contributed by atoms with E-state index < -0.39 is 0 Å². The topological polar surface area (TPSA) is 0 Å². The highest BCUT2D eigenvalue weighted by molar-refractivity contribution is 5.19. The van der Waals surface area contributed by atoms with Crippen molar-refractivity contribution in [1.82, 2.24) is 0 Å². The maximum atomic E-state index is 2.49. The predicted octanol–water partition coefficient (Wildman–Crippen LogP) is 8.09. The van der Waals surface area contributed by atoms with Gasteiger partial charge in [-0.15, -0.1) is 0 Å². The fourth-order valence-corrected chi connectivity index (χ4v) is 6.22. The summed E-state index contributed by atoms with van der Waals surface area (Å²) in [6.07, 6.45) is 23.8. The Hall–Kier alpha value is -0.520. The molecule has 1 saturated carbocycles. The molecule has 0 heterocycles. The van der Waals surface area contributed by atoms with Gasteiger partial charge in [-0.2, -0.15) is 0 Å². The largest absolute Gasteiger partial charge is 0.0885 e. The quantitative estimate of drug-likeness (QED) is 0.357. The van der Waals surface area contributed by atoms with E-state index in [1.165, 1.54) is 83.5 Å². The molecule has 3 rings (SSSR count). The molecule has 0 spiro atoms. The molecule has 0 aliphatic heterocycles. The van der Waals surface area contributed by atoms with Crippen molar-refractivity contribution < 1.29 is 0 Å². The molecule has 25 heavy (non-hydrogen) atoms. The van der Waals surface area contributed by atoms with Crippen LogP contribution in [0.4, 0.5) is 0 Å². The summed E-state index contributed by atoms with van der Waals surface area (Å²) in [5.74, 6) is 4.76. The highest BCUT2D eigenvalue weighted by Crippen LogP contribution is 2.41. The lowest BCUT2D eigenvalue weighted by Gasteiger charge is -2.31. The molecule has 142 valence electrons. The maximum Gasteiger partial charge on any atom is -0.0226 e. The van der Waals surface area contributed by atoms with E-state index in [0.29, 0.717) is 0 Å². The van der Waals surface area contributed by atoms with E-state index >= 15 is 0 Å². The molecular weight excluding hydrogens is 300 g/mol. The van der Waals surface area contributed by atoms with Crippen molar-refractivity contribution >= 4 is 0 Å². The second-order valence-electron chi connectivity index (χ2n) is 9.94. The first-order valence-corrected chi connectivity index (χ1v) is 11.4. The molecule has 0 N–H and O–H groups in total. The Kier molecular flexibility index (Phi) is 7.26. The van der Waals surface area contributed by atoms with Gasteiger partial charge in [0.25, 0.3) is 0 Å². The Labute approximate surface area is 157 Å². The van der Waals surface area contributed by atoms with E-state index in [0.717, 1.165) is 29.6 Å². The normalized spacial score (nSPS) is 37.6. The van der Waals surface area contributed by atoms with Crippen molar-refractivity contribution in [1.29, 1.82) is 0 Å². The van der Waals surface area contributed by atoms with E-state index in [9.17, 15) is 0 Å². The summed E-state index contributed by atoms with van der Waals surface area (Å²) in [6.45, 7) is 7.36. The summed E-state index contributed by atoms with van der Waals surface area (Å²) >= 11 is 0. The first-order chi connectivity index (χ1) is 12.1. The van der Waals surface area contributed by atoms with E-state index in [2.05, 4.69) is 32.9 Å². The van der Waals surface area contributed by atoms with Gasteiger partial charge in [-0.3, -0.25) is 0 Å². The van der Waals surface area contributed by atoms with Gasteiger partial charge >= 0.3 is 0 Å². The van der Waals surface area contributed by atoms with Crippen LogP contribution < -0.4 is 0 Å². The van der Waals surface area contributed by atoms with Gasteiger partial charge in [0.1, 0.15) is 0 Å². The van der Waals surface area contributed by atoms with Gasteiger partial charge in [0.2, 0.25) is 0 Å². The lowest BCUT2D eigenvalue weighted by molar-refractivity contribution is 0.319. The molecule has 0 nitrogen and oxygen atoms in total. The first-order valence-electron chi connectivity index (χ1n) is 11.4. The van der Waals surface area contributed by atoms with Gasteiger partial charge in [0.05, 0.1) is 0 Å². The fourth-order valence-electron chi connectivity index (χ4n) is 6.22. The monoisotopic (exact) mass is 342 g/mol. The molecule has 0 bridgehead atoms. The van der Waals surface area contributed by atoms with Crippen molar-refractivity contribution in [3.8, 4) is 0 Å². The Morgan fingerprint density at radius 1 is 0.880 bits per heavy atom. The average Bonchev–Trinajstić information content (AvgIpc) is 2.94. The Morgan fingerprint density at radius 3 is 2.48 bits per heavy atom. The van der Waals surface area contributed by atoms with Crippen LogP contribution in [-0.2, 0) is 0 Å². The van der Waals surface area contributed by atoms with Crippen molar-refractivity contribution in [3.05, 3.63) is 23.3 Å². The van der Waals surface area contributed by atoms with Crippen molar-refractivity contribution in [2.45, 2.75) is 104 Å². The summed E-state index contributed by atoms with van der Waals surface area (Å²) in [6, 6.07) is 0. The van der Waals surface area contributed by atoms with Crippen LogP contribution in [0, 0.1) is 29.6 Å². The van der Waals surface area contributed by atoms with E-state index in [-0.39, 0.29) is 0 Å². The van der Waals surface area contributed by atoms with Crippen molar-refractivity contribution in [2.24, 2.45) is 29.6 Å². The zero-order chi connectivity index (χ0) is 17.6. The second-order valence-corrected chi connectivity index (χ2v) is 9.94. The van der Waals surface area contributed by atoms with Crippen molar-refractivity contribution in [2.75, 3.05) is 0 Å². The lowest BCUT2D eigenvalue weighted by atomic mass is 9.75. The Morgan fingerprint density at radius 2 is 1.64 bits per heavy atom. The minimum absolute atomic E-state index is 0.848. The van der Waals surface area contributed by atoms with Crippen LogP contribution in [0.1, 0.15) is 104 Å².